The van der Waals surface area contributed by atoms with E-state index < -0.39 is 0 Å². The lowest BCUT2D eigenvalue weighted by atomic mass is 9.95. The van der Waals surface area contributed by atoms with Crippen LogP contribution in [-0.2, 0) is 16.1 Å². The number of ether oxygens (including phenoxy) is 1. The summed E-state index contributed by atoms with van der Waals surface area (Å²) in [6.45, 7) is 5.10. The van der Waals surface area contributed by atoms with Gasteiger partial charge >= 0.3 is 0 Å². The summed E-state index contributed by atoms with van der Waals surface area (Å²) < 4.78 is 5.08. The highest BCUT2D eigenvalue weighted by Gasteiger charge is 2.31. The maximum Gasteiger partial charge on any atom is 0.225 e. The maximum atomic E-state index is 11.9. The van der Waals surface area contributed by atoms with Crippen molar-refractivity contribution in [3.05, 3.63) is 47.0 Å². The van der Waals surface area contributed by atoms with Crippen molar-refractivity contribution in [3.8, 4) is 0 Å². The number of carbonyl (C=O) groups is 1. The maximum absolute atomic E-state index is 11.9. The van der Waals surface area contributed by atoms with E-state index in [1.54, 1.807) is 18.9 Å². The topological polar surface area (TPSA) is 71.7 Å². The predicted octanol–water partition coefficient (Wildman–Crippen LogP) is 2.07. The van der Waals surface area contributed by atoms with Crippen molar-refractivity contribution in [2.75, 3.05) is 38.3 Å². The van der Waals surface area contributed by atoms with Crippen molar-refractivity contribution in [3.63, 3.8) is 0 Å². The lowest BCUT2D eigenvalue weighted by Crippen LogP contribution is -2.31. The average molecular weight is 375 g/mol. The van der Waals surface area contributed by atoms with Gasteiger partial charge in [-0.2, -0.15) is 0 Å². The van der Waals surface area contributed by atoms with Gasteiger partial charge in [0, 0.05) is 51.0 Å². The molecule has 0 bridgehead atoms. The minimum absolute atomic E-state index is 0.0183. The highest BCUT2D eigenvalue weighted by atomic mass is 32.1. The molecule has 1 aromatic heterocycles. The second kappa shape index (κ2) is 8.73. The van der Waals surface area contributed by atoms with Crippen molar-refractivity contribution in [2.45, 2.75) is 25.4 Å². The smallest absolute Gasteiger partial charge is 0.225 e. The molecule has 0 radical (unpaired) electrons. The molecule has 0 saturated carbocycles. The molecule has 1 aliphatic rings. The zero-order valence-electron chi connectivity index (χ0n) is 15.3. The van der Waals surface area contributed by atoms with E-state index in [0.717, 1.165) is 30.5 Å². The number of nitrogens with zero attached hydrogens (tertiary/aromatic N) is 3. The number of methoxy groups -OCH3 is 1. The number of hydrogen-bond donors (Lipinski definition) is 1. The Hall–Kier alpha value is -1.80. The Morgan fingerprint density at radius 3 is 2.85 bits per heavy atom. The van der Waals surface area contributed by atoms with Gasteiger partial charge in [-0.15, -0.1) is 11.3 Å². The lowest BCUT2D eigenvalue weighted by molar-refractivity contribution is -0.116. The van der Waals surface area contributed by atoms with Crippen molar-refractivity contribution in [1.29, 1.82) is 0 Å². The summed E-state index contributed by atoms with van der Waals surface area (Å²) in [5, 5.41) is 2.76. The summed E-state index contributed by atoms with van der Waals surface area (Å²) in [4.78, 5) is 20.5. The van der Waals surface area contributed by atoms with Crippen LogP contribution in [0, 0.1) is 0 Å². The molecule has 26 heavy (non-hydrogen) atoms. The molecule has 1 amide bonds. The Labute approximate surface area is 158 Å². The van der Waals surface area contributed by atoms with E-state index in [4.69, 9.17) is 10.5 Å². The second-order valence-electron chi connectivity index (χ2n) is 6.66. The summed E-state index contributed by atoms with van der Waals surface area (Å²) in [6, 6.07) is 10.6. The first-order valence-electron chi connectivity index (χ1n) is 8.82. The Morgan fingerprint density at radius 2 is 2.15 bits per heavy atom. The van der Waals surface area contributed by atoms with Gasteiger partial charge in [-0.25, -0.2) is 4.98 Å². The quantitative estimate of drug-likeness (QED) is 0.803. The van der Waals surface area contributed by atoms with E-state index in [9.17, 15) is 4.79 Å². The van der Waals surface area contributed by atoms with Gasteiger partial charge in [0.05, 0.1) is 18.8 Å². The SMILES string of the molecule is COCCN(C(C)=O)c1nc(CN2C[C@@H](N)[C@H](c3ccccc3)C2)cs1. The van der Waals surface area contributed by atoms with E-state index >= 15 is 0 Å². The van der Waals surface area contributed by atoms with E-state index in [-0.39, 0.29) is 11.9 Å². The Kier molecular flexibility index (Phi) is 6.37. The molecular weight excluding hydrogens is 348 g/mol. The standard InChI is InChI=1S/C19H26N4O2S/c1-14(24)23(8-9-25-2)19-21-16(13-26-19)10-22-11-17(18(20)12-22)15-6-4-3-5-7-15/h3-7,13,17-18H,8-12,20H2,1-2H3/t17-,18+/m0/s1. The first-order chi connectivity index (χ1) is 12.6. The minimum atomic E-state index is -0.0183. The van der Waals surface area contributed by atoms with Gasteiger partial charge < -0.3 is 10.5 Å². The van der Waals surface area contributed by atoms with Crippen LogP contribution in [0.1, 0.15) is 24.1 Å². The van der Waals surface area contributed by atoms with Crippen LogP contribution in [0.5, 0.6) is 0 Å². The van der Waals surface area contributed by atoms with Crippen molar-refractivity contribution in [1.82, 2.24) is 9.88 Å². The first-order valence-corrected chi connectivity index (χ1v) is 9.70. The molecule has 2 N–H and O–H groups in total. The fourth-order valence-electron chi connectivity index (χ4n) is 3.39. The fraction of sp³-hybridized carbons (Fsp3) is 0.474. The number of benzene rings is 1. The summed E-state index contributed by atoms with van der Waals surface area (Å²) in [5.41, 5.74) is 8.65. The number of amides is 1. The molecule has 7 heteroatoms. The molecule has 2 atom stereocenters. The summed E-state index contributed by atoms with van der Waals surface area (Å²) in [7, 11) is 1.63. The number of hydrogen-bond acceptors (Lipinski definition) is 6. The molecule has 0 spiro atoms. The summed E-state index contributed by atoms with van der Waals surface area (Å²) in [6.07, 6.45) is 0. The van der Waals surface area contributed by atoms with E-state index in [1.165, 1.54) is 16.9 Å². The van der Waals surface area contributed by atoms with E-state index in [1.807, 2.05) is 11.4 Å². The number of nitrogens with two attached hydrogens (primary N) is 1. The van der Waals surface area contributed by atoms with Gasteiger partial charge in [-0.05, 0) is 5.56 Å². The van der Waals surface area contributed by atoms with E-state index in [2.05, 4.69) is 34.1 Å². The first kappa shape index (κ1) is 19.0. The van der Waals surface area contributed by atoms with Crippen LogP contribution in [0.2, 0.25) is 0 Å². The molecule has 1 aromatic carbocycles. The zero-order chi connectivity index (χ0) is 18.5. The minimum Gasteiger partial charge on any atom is -0.383 e. The lowest BCUT2D eigenvalue weighted by Gasteiger charge is -2.17. The van der Waals surface area contributed by atoms with Crippen LogP contribution in [0.4, 0.5) is 5.13 Å². The third-order valence-corrected chi connectivity index (χ3v) is 5.64. The molecule has 2 heterocycles. The third kappa shape index (κ3) is 4.48. The number of likely N-dealkylation sites (tertiary alicyclic amines) is 1. The second-order valence-corrected chi connectivity index (χ2v) is 7.50. The predicted molar refractivity (Wildman–Crippen MR) is 104 cm³/mol. The van der Waals surface area contributed by atoms with Crippen LogP contribution >= 0.6 is 11.3 Å². The average Bonchev–Trinajstić information content (AvgIpc) is 3.23. The molecule has 0 unspecified atom stereocenters. The van der Waals surface area contributed by atoms with Gasteiger partial charge in [0.2, 0.25) is 5.91 Å². The van der Waals surface area contributed by atoms with Crippen LogP contribution in [-0.4, -0.2) is 55.2 Å². The monoisotopic (exact) mass is 374 g/mol. The highest BCUT2D eigenvalue weighted by Crippen LogP contribution is 2.28. The molecule has 6 nitrogen and oxygen atoms in total. The van der Waals surface area contributed by atoms with Gasteiger partial charge in [-0.3, -0.25) is 14.6 Å². The van der Waals surface area contributed by atoms with Crippen LogP contribution < -0.4 is 10.6 Å². The van der Waals surface area contributed by atoms with Gasteiger partial charge in [-0.1, -0.05) is 30.3 Å². The molecule has 0 aliphatic carbocycles. The fourth-order valence-corrected chi connectivity index (χ4v) is 4.27. The molecule has 1 saturated heterocycles. The molecular formula is C19H26N4O2S. The normalized spacial score (nSPS) is 20.4. The summed E-state index contributed by atoms with van der Waals surface area (Å²) >= 11 is 1.50. The van der Waals surface area contributed by atoms with Crippen molar-refractivity contribution >= 4 is 22.4 Å². The molecule has 140 valence electrons. The Bertz CT molecular complexity index is 721. The number of anilines is 1. The van der Waals surface area contributed by atoms with Crippen LogP contribution in [0.15, 0.2) is 35.7 Å². The zero-order valence-corrected chi connectivity index (χ0v) is 16.1. The van der Waals surface area contributed by atoms with Gasteiger partial charge in [0.15, 0.2) is 5.13 Å². The number of thiazole rings is 1. The number of rotatable bonds is 7. The van der Waals surface area contributed by atoms with Crippen molar-refractivity contribution in [2.24, 2.45) is 5.73 Å². The molecule has 1 aliphatic heterocycles. The van der Waals surface area contributed by atoms with Crippen LogP contribution in [0.25, 0.3) is 0 Å². The largest absolute Gasteiger partial charge is 0.383 e. The molecule has 1 fully saturated rings. The Balaban J connectivity index is 1.63. The Morgan fingerprint density at radius 1 is 1.38 bits per heavy atom. The van der Waals surface area contributed by atoms with Crippen molar-refractivity contribution < 1.29 is 9.53 Å². The van der Waals surface area contributed by atoms with Gasteiger partial charge in [0.25, 0.3) is 0 Å². The van der Waals surface area contributed by atoms with Gasteiger partial charge in [0.1, 0.15) is 0 Å². The summed E-state index contributed by atoms with van der Waals surface area (Å²) in [5.74, 6) is 0.333. The third-order valence-electron chi connectivity index (χ3n) is 4.72. The van der Waals surface area contributed by atoms with E-state index in [0.29, 0.717) is 19.1 Å². The highest BCUT2D eigenvalue weighted by molar-refractivity contribution is 7.14. The molecule has 3 rings (SSSR count). The number of carbonyl (C=O) groups excluding carboxylic acids is 1. The molecule has 2 aromatic rings. The van der Waals surface area contributed by atoms with Crippen LogP contribution in [0.3, 0.4) is 0 Å². The number of aromatic nitrogens is 1.